The second-order valence-corrected chi connectivity index (χ2v) is 7.59. The number of likely N-dealkylation sites (N-methyl/N-ethyl adjacent to an activating group) is 1. The Morgan fingerprint density at radius 3 is 2.56 bits per heavy atom. The summed E-state index contributed by atoms with van der Waals surface area (Å²) in [5.41, 5.74) is 2.53. The third-order valence-corrected chi connectivity index (χ3v) is 5.71. The van der Waals surface area contributed by atoms with Crippen molar-refractivity contribution in [1.82, 2.24) is 15.2 Å². The predicted molar refractivity (Wildman–Crippen MR) is 120 cm³/mol. The van der Waals surface area contributed by atoms with Gasteiger partial charge in [-0.2, -0.15) is 0 Å². The molecule has 3 rings (SSSR count). The van der Waals surface area contributed by atoms with E-state index in [0.717, 1.165) is 31.8 Å². The van der Waals surface area contributed by atoms with Crippen LogP contribution in [-0.4, -0.2) is 59.1 Å². The van der Waals surface area contributed by atoms with Gasteiger partial charge in [-0.3, -0.25) is 9.59 Å². The number of aryl methyl sites for hydroxylation is 1. The van der Waals surface area contributed by atoms with E-state index < -0.39 is 17.8 Å². The number of anilines is 1. The van der Waals surface area contributed by atoms with Crippen molar-refractivity contribution in [2.24, 2.45) is 0 Å². The van der Waals surface area contributed by atoms with E-state index in [1.165, 1.54) is 12.1 Å². The van der Waals surface area contributed by atoms with Crippen LogP contribution >= 0.6 is 0 Å². The molecule has 1 aliphatic rings. The first-order valence-corrected chi connectivity index (χ1v) is 10.5. The lowest BCUT2D eigenvalue weighted by molar-refractivity contribution is -0.112. The van der Waals surface area contributed by atoms with Gasteiger partial charge in [0, 0.05) is 30.0 Å². The molecular formula is C23H27FN4O4. The molecule has 9 heteroatoms. The van der Waals surface area contributed by atoms with Crippen LogP contribution in [0.1, 0.15) is 46.7 Å². The van der Waals surface area contributed by atoms with Crippen molar-refractivity contribution in [2.75, 3.05) is 31.1 Å². The van der Waals surface area contributed by atoms with Crippen LogP contribution in [0.25, 0.3) is 11.6 Å². The fourth-order valence-electron chi connectivity index (χ4n) is 3.95. The Hall–Kier alpha value is -3.46. The summed E-state index contributed by atoms with van der Waals surface area (Å²) in [7, 11) is 0. The highest BCUT2D eigenvalue weighted by Crippen LogP contribution is 2.38. The highest BCUT2D eigenvalue weighted by Gasteiger charge is 2.37. The number of carbonyl (C=O) groups is 3. The number of carboxylic acid groups (broad SMARTS) is 1. The molecule has 2 aromatic rings. The van der Waals surface area contributed by atoms with Crippen LogP contribution in [0.5, 0.6) is 0 Å². The van der Waals surface area contributed by atoms with E-state index >= 15 is 0 Å². The fourth-order valence-corrected chi connectivity index (χ4v) is 3.95. The quantitative estimate of drug-likeness (QED) is 0.570. The first-order valence-electron chi connectivity index (χ1n) is 10.5. The number of H-pyrrole nitrogens is 1. The topological polar surface area (TPSA) is 106 Å². The summed E-state index contributed by atoms with van der Waals surface area (Å²) in [4.78, 5) is 43.0. The van der Waals surface area contributed by atoms with Gasteiger partial charge in [-0.25, -0.2) is 14.1 Å². The summed E-state index contributed by atoms with van der Waals surface area (Å²) in [5, 5.41) is 12.4. The van der Waals surface area contributed by atoms with E-state index in [1.807, 2.05) is 0 Å². The minimum absolute atomic E-state index is 0.0414. The van der Waals surface area contributed by atoms with Crippen LogP contribution in [0.2, 0.25) is 0 Å². The third kappa shape index (κ3) is 4.29. The zero-order chi connectivity index (χ0) is 23.6. The van der Waals surface area contributed by atoms with Crippen LogP contribution in [0.3, 0.4) is 0 Å². The molecule has 1 aliphatic heterocycles. The van der Waals surface area contributed by atoms with E-state index in [2.05, 4.69) is 29.0 Å². The number of nitrogens with one attached hydrogen (secondary N) is 2. The minimum Gasteiger partial charge on any atom is -0.464 e. The van der Waals surface area contributed by atoms with E-state index in [0.29, 0.717) is 34.0 Å². The molecule has 0 radical (unpaired) electrons. The predicted octanol–water partition coefficient (Wildman–Crippen LogP) is 3.41. The lowest BCUT2D eigenvalue weighted by atomic mass is 10.0. The lowest BCUT2D eigenvalue weighted by Gasteiger charge is -2.18. The van der Waals surface area contributed by atoms with Crippen LogP contribution < -0.4 is 10.2 Å². The summed E-state index contributed by atoms with van der Waals surface area (Å²) in [5.74, 6) is -1.58. The number of amides is 3. The maximum atomic E-state index is 13.8. The standard InChI is InChI=1S/C23H27FN4O4/c1-5-27(6-2)10-9-25-21(29)20-13(3)18(26-14(20)4)12-17-16-11-15(24)7-8-19(16)28(22(17)30)23(31)32/h7-8,11-12,26H,5-6,9-10H2,1-4H3,(H,25,29)(H,31,32). The van der Waals surface area contributed by atoms with Gasteiger partial charge in [0.2, 0.25) is 0 Å². The molecule has 0 atom stereocenters. The highest BCUT2D eigenvalue weighted by molar-refractivity contribution is 6.41. The number of carbonyl (C=O) groups excluding carboxylic acids is 2. The van der Waals surface area contributed by atoms with Crippen LogP contribution in [0.4, 0.5) is 14.9 Å². The number of fused-ring (bicyclic) bond motifs is 1. The Balaban J connectivity index is 1.92. The summed E-state index contributed by atoms with van der Waals surface area (Å²) in [6.45, 7) is 10.7. The maximum Gasteiger partial charge on any atom is 0.419 e. The maximum absolute atomic E-state index is 13.8. The van der Waals surface area contributed by atoms with Crippen molar-refractivity contribution in [1.29, 1.82) is 0 Å². The normalized spacial score (nSPS) is 14.4. The van der Waals surface area contributed by atoms with Gasteiger partial charge in [-0.05, 0) is 56.8 Å². The van der Waals surface area contributed by atoms with E-state index in [-0.39, 0.29) is 22.7 Å². The van der Waals surface area contributed by atoms with E-state index in [4.69, 9.17) is 0 Å². The number of hydrogen-bond donors (Lipinski definition) is 3. The van der Waals surface area contributed by atoms with Gasteiger partial charge in [0.25, 0.3) is 11.8 Å². The SMILES string of the molecule is CCN(CC)CCNC(=O)c1c(C)[nH]c(C=C2C(=O)N(C(=O)O)c3ccc(F)cc32)c1C. The molecular weight excluding hydrogens is 415 g/mol. The van der Waals surface area contributed by atoms with Gasteiger partial charge >= 0.3 is 6.09 Å². The third-order valence-electron chi connectivity index (χ3n) is 5.71. The number of hydrogen-bond acceptors (Lipinski definition) is 4. The number of aromatic nitrogens is 1. The summed E-state index contributed by atoms with van der Waals surface area (Å²) in [6.07, 6.45) is 0.0253. The van der Waals surface area contributed by atoms with Crippen molar-refractivity contribution < 1.29 is 23.9 Å². The molecule has 1 aromatic heterocycles. The van der Waals surface area contributed by atoms with Crippen molar-refractivity contribution in [3.8, 4) is 0 Å². The largest absolute Gasteiger partial charge is 0.464 e. The van der Waals surface area contributed by atoms with E-state index in [1.54, 1.807) is 13.8 Å². The van der Waals surface area contributed by atoms with E-state index in [9.17, 15) is 23.9 Å². The molecule has 0 saturated heterocycles. The molecule has 3 N–H and O–H groups in total. The van der Waals surface area contributed by atoms with Gasteiger partial charge in [-0.1, -0.05) is 13.8 Å². The number of halogens is 1. The highest BCUT2D eigenvalue weighted by atomic mass is 19.1. The Labute approximate surface area is 185 Å². The zero-order valence-electron chi connectivity index (χ0n) is 18.6. The average molecular weight is 442 g/mol. The number of nitrogens with zero attached hydrogens (tertiary/aromatic N) is 2. The molecule has 0 unspecified atom stereocenters. The Morgan fingerprint density at radius 2 is 1.94 bits per heavy atom. The first-order chi connectivity index (χ1) is 15.2. The summed E-state index contributed by atoms with van der Waals surface area (Å²) < 4.78 is 13.8. The second kappa shape index (κ2) is 9.35. The molecule has 32 heavy (non-hydrogen) atoms. The number of aromatic amines is 1. The smallest absolute Gasteiger partial charge is 0.419 e. The number of benzene rings is 1. The molecule has 170 valence electrons. The molecule has 2 heterocycles. The molecule has 0 aliphatic carbocycles. The van der Waals surface area contributed by atoms with Gasteiger partial charge in [-0.15, -0.1) is 0 Å². The Bertz CT molecular complexity index is 1100. The molecule has 8 nitrogen and oxygen atoms in total. The molecule has 0 spiro atoms. The molecule has 3 amide bonds. The van der Waals surface area contributed by atoms with Gasteiger partial charge in [0.15, 0.2) is 0 Å². The monoisotopic (exact) mass is 442 g/mol. The van der Waals surface area contributed by atoms with Crippen LogP contribution in [-0.2, 0) is 4.79 Å². The summed E-state index contributed by atoms with van der Waals surface area (Å²) >= 11 is 0. The lowest BCUT2D eigenvalue weighted by Crippen LogP contribution is -2.35. The van der Waals surface area contributed by atoms with Crippen LogP contribution in [0, 0.1) is 19.7 Å². The second-order valence-electron chi connectivity index (χ2n) is 7.59. The van der Waals surface area contributed by atoms with Gasteiger partial charge < -0.3 is 20.3 Å². The Morgan fingerprint density at radius 1 is 1.25 bits per heavy atom. The van der Waals surface area contributed by atoms with Crippen molar-refractivity contribution >= 4 is 35.2 Å². The zero-order valence-corrected chi connectivity index (χ0v) is 18.6. The Kier molecular flexibility index (Phi) is 6.78. The molecule has 1 aromatic carbocycles. The fraction of sp³-hybridized carbons (Fsp3) is 0.348. The minimum atomic E-state index is -1.45. The van der Waals surface area contributed by atoms with Crippen molar-refractivity contribution in [3.05, 3.63) is 52.1 Å². The van der Waals surface area contributed by atoms with Gasteiger partial charge in [0.1, 0.15) is 5.82 Å². The molecule has 0 bridgehead atoms. The van der Waals surface area contributed by atoms with Crippen molar-refractivity contribution in [2.45, 2.75) is 27.7 Å². The molecule has 0 saturated carbocycles. The first kappa shape index (κ1) is 23.2. The van der Waals surface area contributed by atoms with Crippen LogP contribution in [0.15, 0.2) is 18.2 Å². The summed E-state index contributed by atoms with van der Waals surface area (Å²) in [6, 6.07) is 3.50. The number of rotatable bonds is 7. The molecule has 0 fully saturated rings. The number of imide groups is 1. The average Bonchev–Trinajstić information content (AvgIpc) is 3.18. The van der Waals surface area contributed by atoms with Gasteiger partial charge in [0.05, 0.1) is 16.8 Å². The van der Waals surface area contributed by atoms with Crippen molar-refractivity contribution in [3.63, 3.8) is 0 Å².